The summed E-state index contributed by atoms with van der Waals surface area (Å²) in [7, 11) is 1.22. The molecule has 0 heterocycles. The lowest BCUT2D eigenvalue weighted by molar-refractivity contribution is -0.274. The van der Waals surface area contributed by atoms with Crippen LogP contribution in [0, 0.1) is 0 Å². The molecular formula is C19H42O7Si. The molecule has 0 saturated carbocycles. The Balaban J connectivity index is 5.84. The lowest BCUT2D eigenvalue weighted by Gasteiger charge is -2.46. The first-order valence-corrected chi connectivity index (χ1v) is 11.9. The van der Waals surface area contributed by atoms with Crippen molar-refractivity contribution in [3.8, 4) is 0 Å². The van der Waals surface area contributed by atoms with Crippen molar-refractivity contribution in [2.75, 3.05) is 47.9 Å². The minimum Gasteiger partial charge on any atom is -0.374 e. The number of hydrogen-bond donors (Lipinski definition) is 0. The van der Waals surface area contributed by atoms with E-state index in [1.807, 2.05) is 6.92 Å². The van der Waals surface area contributed by atoms with Crippen LogP contribution in [-0.4, -0.2) is 68.3 Å². The van der Waals surface area contributed by atoms with Crippen molar-refractivity contribution in [2.45, 2.75) is 77.7 Å². The molecule has 0 spiro atoms. The Bertz CT molecular complexity index is 330. The normalized spacial score (nSPS) is 13.9. The average Bonchev–Trinajstić information content (AvgIpc) is 2.68. The number of hydrogen-bond acceptors (Lipinski definition) is 7. The average molecular weight is 411 g/mol. The summed E-state index contributed by atoms with van der Waals surface area (Å²) < 4.78 is 41.5. The van der Waals surface area contributed by atoms with Crippen molar-refractivity contribution in [3.05, 3.63) is 0 Å². The maximum Gasteiger partial charge on any atom is 0.567 e. The summed E-state index contributed by atoms with van der Waals surface area (Å²) in [4.78, 5) is 0. The molecule has 1 atom stereocenters. The fourth-order valence-electron chi connectivity index (χ4n) is 2.68. The first kappa shape index (κ1) is 26.9. The van der Waals surface area contributed by atoms with E-state index in [1.165, 1.54) is 0 Å². The van der Waals surface area contributed by atoms with E-state index < -0.39 is 20.3 Å². The van der Waals surface area contributed by atoms with E-state index in [1.54, 1.807) is 21.3 Å². The molecule has 0 fully saturated rings. The van der Waals surface area contributed by atoms with Gasteiger partial charge in [-0.05, 0) is 26.2 Å². The van der Waals surface area contributed by atoms with Gasteiger partial charge in [-0.3, -0.25) is 0 Å². The fourth-order valence-corrected chi connectivity index (χ4v) is 5.26. The molecule has 0 aliphatic rings. The predicted molar refractivity (Wildman–Crippen MR) is 108 cm³/mol. The van der Waals surface area contributed by atoms with Gasteiger partial charge < -0.3 is 32.2 Å². The van der Waals surface area contributed by atoms with Crippen LogP contribution in [-0.2, 0) is 32.2 Å². The third kappa shape index (κ3) is 8.06. The third-order valence-electron chi connectivity index (χ3n) is 4.36. The molecule has 0 aliphatic heterocycles. The number of unbranched alkanes of at least 4 members (excludes halogenated alkanes) is 3. The van der Waals surface area contributed by atoms with Crippen molar-refractivity contribution >= 4 is 8.80 Å². The zero-order valence-electron chi connectivity index (χ0n) is 18.5. The van der Waals surface area contributed by atoms with Crippen LogP contribution in [0.15, 0.2) is 0 Å². The maximum absolute atomic E-state index is 6.34. The van der Waals surface area contributed by atoms with Gasteiger partial charge in [0.25, 0.3) is 5.41 Å². The van der Waals surface area contributed by atoms with Gasteiger partial charge in [0.15, 0.2) is 0 Å². The predicted octanol–water partition coefficient (Wildman–Crippen LogP) is 3.91. The standard InChI is InChI=1S/C19H42O7Si/c1-8-11-14-23-18(4)19(24-15-12-9-2,25-16-13-10-3)27(21-6,22-7)26-17-20-5/h18H,8-17H2,1-7H3. The summed E-state index contributed by atoms with van der Waals surface area (Å²) in [5, 5.41) is 0. The van der Waals surface area contributed by atoms with Crippen LogP contribution in [0.4, 0.5) is 0 Å². The first-order valence-electron chi connectivity index (χ1n) is 10.2. The second-order valence-corrected chi connectivity index (χ2v) is 9.37. The summed E-state index contributed by atoms with van der Waals surface area (Å²) in [5.74, 6) is 0. The van der Waals surface area contributed by atoms with E-state index in [0.717, 1.165) is 38.5 Å². The monoisotopic (exact) mass is 410 g/mol. The molecule has 0 saturated heterocycles. The summed E-state index contributed by atoms with van der Waals surface area (Å²) in [6.07, 6.45) is 5.36. The van der Waals surface area contributed by atoms with E-state index in [4.69, 9.17) is 32.2 Å². The molecule has 1 unspecified atom stereocenters. The number of methoxy groups -OCH3 is 1. The van der Waals surface area contributed by atoms with E-state index in [-0.39, 0.29) is 6.79 Å². The minimum atomic E-state index is -3.46. The van der Waals surface area contributed by atoms with Crippen molar-refractivity contribution < 1.29 is 32.2 Å². The smallest absolute Gasteiger partial charge is 0.374 e. The van der Waals surface area contributed by atoms with Crippen molar-refractivity contribution in [3.63, 3.8) is 0 Å². The second kappa shape index (κ2) is 15.8. The molecule has 0 amide bonds. The number of ether oxygens (including phenoxy) is 4. The van der Waals surface area contributed by atoms with E-state index in [0.29, 0.717) is 19.8 Å². The van der Waals surface area contributed by atoms with Gasteiger partial charge >= 0.3 is 8.80 Å². The molecule has 0 aromatic heterocycles. The molecule has 0 N–H and O–H groups in total. The zero-order valence-corrected chi connectivity index (χ0v) is 19.5. The lowest BCUT2D eigenvalue weighted by Crippen LogP contribution is -2.72. The van der Waals surface area contributed by atoms with Gasteiger partial charge in [0, 0.05) is 27.9 Å². The van der Waals surface area contributed by atoms with Crippen molar-refractivity contribution in [1.82, 2.24) is 0 Å². The molecule has 164 valence electrons. The van der Waals surface area contributed by atoms with Crippen molar-refractivity contribution in [2.24, 2.45) is 0 Å². The Hall–Kier alpha value is -0.0631. The van der Waals surface area contributed by atoms with Gasteiger partial charge in [0.1, 0.15) is 12.9 Å². The van der Waals surface area contributed by atoms with Gasteiger partial charge in [0.05, 0.1) is 13.2 Å². The molecule has 27 heavy (non-hydrogen) atoms. The van der Waals surface area contributed by atoms with Crippen LogP contribution in [0.5, 0.6) is 0 Å². The minimum absolute atomic E-state index is 0.0195. The first-order chi connectivity index (χ1) is 13.0. The molecule has 0 aromatic carbocycles. The molecule has 8 heteroatoms. The van der Waals surface area contributed by atoms with Crippen LogP contribution in [0.3, 0.4) is 0 Å². The molecule has 0 rings (SSSR count). The van der Waals surface area contributed by atoms with Crippen molar-refractivity contribution in [1.29, 1.82) is 0 Å². The lowest BCUT2D eigenvalue weighted by atomic mass is 10.3. The quantitative estimate of drug-likeness (QED) is 0.182. The summed E-state index contributed by atoms with van der Waals surface area (Å²) in [6.45, 7) is 9.92. The van der Waals surface area contributed by atoms with E-state index in [2.05, 4.69) is 20.8 Å². The summed E-state index contributed by atoms with van der Waals surface area (Å²) >= 11 is 0. The Morgan fingerprint density at radius 1 is 0.778 bits per heavy atom. The highest BCUT2D eigenvalue weighted by atomic mass is 28.4. The van der Waals surface area contributed by atoms with Crippen LogP contribution < -0.4 is 0 Å². The van der Waals surface area contributed by atoms with Crippen LogP contribution >= 0.6 is 0 Å². The van der Waals surface area contributed by atoms with Crippen LogP contribution in [0.25, 0.3) is 0 Å². The molecule has 0 aromatic rings. The highest BCUT2D eigenvalue weighted by Gasteiger charge is 2.67. The van der Waals surface area contributed by atoms with Gasteiger partial charge in [-0.2, -0.15) is 0 Å². The molecule has 0 aliphatic carbocycles. The Morgan fingerprint density at radius 2 is 1.26 bits per heavy atom. The van der Waals surface area contributed by atoms with Gasteiger partial charge in [-0.25, -0.2) is 0 Å². The van der Waals surface area contributed by atoms with Gasteiger partial charge in [-0.15, -0.1) is 0 Å². The van der Waals surface area contributed by atoms with Crippen LogP contribution in [0.2, 0.25) is 0 Å². The Morgan fingerprint density at radius 3 is 1.67 bits per heavy atom. The Kier molecular flexibility index (Phi) is 15.8. The van der Waals surface area contributed by atoms with E-state index >= 15 is 0 Å². The molecule has 0 bridgehead atoms. The molecule has 7 nitrogen and oxygen atoms in total. The fraction of sp³-hybridized carbons (Fsp3) is 1.00. The largest absolute Gasteiger partial charge is 0.567 e. The number of rotatable bonds is 19. The maximum atomic E-state index is 6.34. The van der Waals surface area contributed by atoms with Crippen LogP contribution in [0.1, 0.15) is 66.2 Å². The van der Waals surface area contributed by atoms with Gasteiger partial charge in [0.2, 0.25) is 0 Å². The molecular weight excluding hydrogens is 368 g/mol. The topological polar surface area (TPSA) is 64.6 Å². The molecule has 0 radical (unpaired) electrons. The highest BCUT2D eigenvalue weighted by molar-refractivity contribution is 6.63. The SMILES string of the molecule is CCCCOC(C)C(OCCCC)(OCCCC)[Si](OC)(OC)OCOC. The Labute approximate surface area is 167 Å². The highest BCUT2D eigenvalue weighted by Crippen LogP contribution is 2.35. The summed E-state index contributed by atoms with van der Waals surface area (Å²) in [6, 6.07) is 0. The summed E-state index contributed by atoms with van der Waals surface area (Å²) in [5.41, 5.74) is -1.26. The van der Waals surface area contributed by atoms with Gasteiger partial charge in [-0.1, -0.05) is 40.0 Å². The zero-order chi connectivity index (χ0) is 20.6. The second-order valence-electron chi connectivity index (χ2n) is 6.45. The van der Waals surface area contributed by atoms with E-state index in [9.17, 15) is 0 Å². The third-order valence-corrected chi connectivity index (χ3v) is 7.48.